The van der Waals surface area contributed by atoms with Gasteiger partial charge in [0.2, 0.25) is 0 Å². The van der Waals surface area contributed by atoms with Crippen LogP contribution in [0.1, 0.15) is 6.42 Å². The van der Waals surface area contributed by atoms with Gasteiger partial charge in [-0.1, -0.05) is 0 Å². The van der Waals surface area contributed by atoms with Crippen LogP contribution in [0.3, 0.4) is 0 Å². The average molecular weight is 374 g/mol. The molecule has 1 aliphatic rings. The molecule has 0 saturated heterocycles. The third-order valence-corrected chi connectivity index (χ3v) is 14.1. The summed E-state index contributed by atoms with van der Waals surface area (Å²) in [4.78, 5) is 0. The van der Waals surface area contributed by atoms with Crippen LogP contribution < -0.4 is 0 Å². The molecule has 3 nitrogen and oxygen atoms in total. The van der Waals surface area contributed by atoms with Gasteiger partial charge in [0.15, 0.2) is 0 Å². The van der Waals surface area contributed by atoms with Crippen molar-refractivity contribution in [2.45, 2.75) is 33.4 Å². The summed E-state index contributed by atoms with van der Waals surface area (Å²) in [6.07, 6.45) is 4.86. The van der Waals surface area contributed by atoms with Crippen LogP contribution in [-0.2, 0) is 19.7 Å². The maximum atomic E-state index is 13.1. The van der Waals surface area contributed by atoms with Gasteiger partial charge in [-0.3, -0.25) is 0 Å². The Hall–Kier alpha value is -0.458. The van der Waals surface area contributed by atoms with E-state index < -0.39 is 9.31 Å². The van der Waals surface area contributed by atoms with Gasteiger partial charge in [-0.15, -0.1) is 0 Å². The summed E-state index contributed by atoms with van der Waals surface area (Å²) >= 11 is 0. The molecule has 0 radical (unpaired) electrons. The van der Waals surface area contributed by atoms with Crippen molar-refractivity contribution in [3.63, 3.8) is 0 Å². The van der Waals surface area contributed by atoms with E-state index in [1.165, 1.54) is 6.08 Å². The summed E-state index contributed by atoms with van der Waals surface area (Å²) in [5.41, 5.74) is 0. The van der Waals surface area contributed by atoms with Crippen LogP contribution in [0, 0.1) is 0 Å². The van der Waals surface area contributed by atoms with Crippen LogP contribution in [0.5, 0.6) is 0 Å². The zero-order valence-electron chi connectivity index (χ0n) is 9.54. The molecule has 0 N–H and O–H groups in total. The van der Waals surface area contributed by atoms with Gasteiger partial charge >= 0.3 is 75.4 Å². The molecule has 0 bridgehead atoms. The fraction of sp³-hybridized carbons (Fsp3) is 0.600. The molecule has 14 heavy (non-hydrogen) atoms. The molecule has 0 amide bonds. The third kappa shape index (κ3) is 2.52. The van der Waals surface area contributed by atoms with Gasteiger partial charge in [-0.25, -0.2) is 0 Å². The number of hydrogen-bond acceptors (Lipinski definition) is 3. The summed E-state index contributed by atoms with van der Waals surface area (Å²) < 4.78 is 39.3. The van der Waals surface area contributed by atoms with Crippen LogP contribution >= 0.6 is 0 Å². The molecule has 0 saturated carbocycles. The van der Waals surface area contributed by atoms with E-state index in [0.29, 0.717) is 0 Å². The molecule has 0 spiro atoms. The Labute approximate surface area is 75.6 Å². The second kappa shape index (κ2) is 0.923. The molecule has 0 aliphatic heterocycles. The Morgan fingerprint density at radius 2 is 1.43 bits per heavy atom. The Morgan fingerprint density at radius 1 is 1.00 bits per heavy atom. The second-order valence-corrected chi connectivity index (χ2v) is 64.0. The van der Waals surface area contributed by atoms with Crippen molar-refractivity contribution in [2.24, 2.45) is 0 Å². The van der Waals surface area contributed by atoms with Crippen molar-refractivity contribution in [2.75, 3.05) is 0 Å². The number of hydrogen-bond donors (Lipinski definition) is 0. The van der Waals surface area contributed by atoms with Crippen LogP contribution in [-0.4, -0.2) is 0 Å². The normalized spacial score (nSPS) is 32.4. The van der Waals surface area contributed by atoms with Gasteiger partial charge in [0, 0.05) is 0 Å². The zero-order valence-corrected chi connectivity index (χ0v) is 12.3. The topological polar surface area (TPSA) is 51.2 Å². The Kier molecular flexibility index (Phi) is 0.766. The van der Waals surface area contributed by atoms with Gasteiger partial charge in [0.05, 0.1) is 0 Å². The quantitative estimate of drug-likeness (QED) is 0.699. The molecular weight excluding hydrogens is 354 g/mol. The standard InChI is InChI=1S/C5H5.5CH3.3O.Re/c1-2-4-5-3-1;;;;;;;;;/h1-3H,4H2;5*1H3;;;;. The maximum absolute atomic E-state index is 13.1. The SMILES string of the molecule is [CH3][Re]([CH3])([CH3])([CH3])([CH3])(=[O])(=[O])(=[O])[C]1=CC=CC1. The summed E-state index contributed by atoms with van der Waals surface area (Å²) in [6.45, 7) is 0. The Balaban J connectivity index is 4.33. The van der Waals surface area contributed by atoms with E-state index in [1.54, 1.807) is 12.2 Å². The summed E-state index contributed by atoms with van der Waals surface area (Å²) in [7, 11) is -8.09. The van der Waals surface area contributed by atoms with Gasteiger partial charge in [-0.05, 0) is 0 Å². The van der Waals surface area contributed by atoms with Crippen molar-refractivity contribution < 1.29 is 19.7 Å². The van der Waals surface area contributed by atoms with Crippen molar-refractivity contribution in [3.8, 4) is 0 Å². The first-order valence-electron chi connectivity index (χ1n) is 4.26. The van der Waals surface area contributed by atoms with Crippen molar-refractivity contribution >= 4 is 0 Å². The predicted molar refractivity (Wildman–Crippen MR) is 53.2 cm³/mol. The molecule has 0 fully saturated rings. The monoisotopic (exact) mass is 375 g/mol. The van der Waals surface area contributed by atoms with Gasteiger partial charge in [-0.2, -0.15) is 0 Å². The van der Waals surface area contributed by atoms with Crippen molar-refractivity contribution in [1.29, 1.82) is 0 Å². The molecule has 1 aliphatic carbocycles. The fourth-order valence-electron chi connectivity index (χ4n) is 1.29. The summed E-state index contributed by atoms with van der Waals surface area (Å²) in [6, 6.07) is 0. The molecule has 0 aromatic heterocycles. The van der Waals surface area contributed by atoms with Crippen molar-refractivity contribution in [1.82, 2.24) is 0 Å². The second-order valence-electron chi connectivity index (χ2n) is 8.71. The van der Waals surface area contributed by atoms with E-state index in [4.69, 9.17) is 0 Å². The van der Waals surface area contributed by atoms with Crippen LogP contribution in [0.2, 0.25) is 27.0 Å². The van der Waals surface area contributed by atoms with Crippen molar-refractivity contribution in [3.05, 3.63) is 22.3 Å². The van der Waals surface area contributed by atoms with Crippen LogP contribution in [0.15, 0.2) is 22.3 Å². The molecule has 0 aromatic rings. The van der Waals surface area contributed by atoms with E-state index in [9.17, 15) is 10.4 Å². The summed E-state index contributed by atoms with van der Waals surface area (Å²) in [5, 5.41) is 4.26. The Bertz CT molecular complexity index is 762. The average Bonchev–Trinajstić information content (AvgIpc) is 1.95. The molecule has 0 atom stereocenters. The minimum atomic E-state index is -8.09. The van der Waals surface area contributed by atoms with Gasteiger partial charge < -0.3 is 0 Å². The van der Waals surface area contributed by atoms with Crippen LogP contribution in [0.25, 0.3) is 0 Å². The first-order valence-corrected chi connectivity index (χ1v) is 22.5. The van der Waals surface area contributed by atoms with Gasteiger partial charge in [0.1, 0.15) is 0 Å². The number of rotatable bonds is 1. The van der Waals surface area contributed by atoms with E-state index >= 15 is 0 Å². The van der Waals surface area contributed by atoms with E-state index in [2.05, 4.69) is 0 Å². The molecule has 0 unspecified atom stereocenters. The first-order chi connectivity index (χ1) is 5.18. The minimum absolute atomic E-state index is 0.0448. The molecule has 1 rings (SSSR count). The zero-order chi connectivity index (χ0) is 11.7. The molecule has 0 heterocycles. The fourth-order valence-corrected chi connectivity index (χ4v) is 8.14. The molecule has 4 heteroatoms. The summed E-state index contributed by atoms with van der Waals surface area (Å²) in [5.74, 6) is 0. The van der Waals surface area contributed by atoms with Gasteiger partial charge in [0.25, 0.3) is 0 Å². The molecule has 0 aromatic carbocycles. The van der Waals surface area contributed by atoms with E-state index in [1.807, 2.05) is 0 Å². The molecular formula is C10H20O3Re. The third-order valence-electron chi connectivity index (χ3n) is 2.24. The van der Waals surface area contributed by atoms with Crippen LogP contribution in [0.4, 0.5) is 0 Å². The van der Waals surface area contributed by atoms with E-state index in [0.717, 1.165) is 27.0 Å². The number of allylic oxidation sites excluding steroid dienone is 4. The predicted octanol–water partition coefficient (Wildman–Crippen LogP) is 3.94. The molecule has 85 valence electrons. The Morgan fingerprint density at radius 3 is 1.57 bits per heavy atom. The first kappa shape index (κ1) is 11.6. The van der Waals surface area contributed by atoms with E-state index in [-0.39, 0.29) is 10.5 Å².